The van der Waals surface area contributed by atoms with E-state index >= 15 is 0 Å². The van der Waals surface area contributed by atoms with Crippen molar-refractivity contribution in [3.05, 3.63) is 0 Å². The number of esters is 1. The smallest absolute Gasteiger partial charge is 0.302 e. The highest BCUT2D eigenvalue weighted by atomic mass is 19.1. The van der Waals surface area contributed by atoms with Gasteiger partial charge >= 0.3 is 5.97 Å². The van der Waals surface area contributed by atoms with E-state index in [4.69, 9.17) is 10.00 Å². The number of rotatable bonds is 4. The topological polar surface area (TPSA) is 82.4 Å². The van der Waals surface area contributed by atoms with Crippen LogP contribution in [0.3, 0.4) is 0 Å². The highest BCUT2D eigenvalue weighted by molar-refractivity contribution is 5.79. The molecule has 2 saturated carbocycles. The Hall–Kier alpha value is -1.68. The zero-order chi connectivity index (χ0) is 18.2. The fourth-order valence-electron chi connectivity index (χ4n) is 4.95. The lowest BCUT2D eigenvalue weighted by molar-refractivity contribution is -0.146. The molecular weight excluding hydrogens is 325 g/mol. The third-order valence-electron chi connectivity index (χ3n) is 5.94. The zero-order valence-electron chi connectivity index (χ0n) is 14.8. The predicted octanol–water partition coefficient (Wildman–Crippen LogP) is 1.55. The number of fused-ring (bicyclic) bond motifs is 1. The number of nitrogens with one attached hydrogen (secondary N) is 1. The van der Waals surface area contributed by atoms with Crippen LogP contribution in [-0.4, -0.2) is 53.7 Å². The third kappa shape index (κ3) is 3.95. The SMILES string of the molecule is CC(=O)O[C@@H]1C[C@@H]2C[C@@](C)(NCC(=O)N3C[C@@H](F)C[C@H]3C#N)C[C@@H]2C1. The molecule has 3 aliphatic rings. The van der Waals surface area contributed by atoms with Gasteiger partial charge in [-0.3, -0.25) is 9.59 Å². The number of likely N-dealkylation sites (tertiary alicyclic amines) is 1. The lowest BCUT2D eigenvalue weighted by Gasteiger charge is -2.29. The van der Waals surface area contributed by atoms with Gasteiger partial charge in [-0.15, -0.1) is 0 Å². The molecule has 0 aromatic rings. The van der Waals surface area contributed by atoms with Gasteiger partial charge < -0.3 is 15.0 Å². The molecule has 25 heavy (non-hydrogen) atoms. The minimum absolute atomic E-state index is 0.0186. The second-order valence-electron chi connectivity index (χ2n) is 8.07. The molecule has 0 aromatic carbocycles. The molecule has 2 aliphatic carbocycles. The van der Waals surface area contributed by atoms with Gasteiger partial charge in [0.25, 0.3) is 0 Å². The van der Waals surface area contributed by atoms with E-state index in [-0.39, 0.29) is 43.0 Å². The Morgan fingerprint density at radius 1 is 1.32 bits per heavy atom. The summed E-state index contributed by atoms with van der Waals surface area (Å²) >= 11 is 0. The van der Waals surface area contributed by atoms with Gasteiger partial charge in [0, 0.05) is 18.9 Å². The average molecular weight is 351 g/mol. The molecule has 138 valence electrons. The van der Waals surface area contributed by atoms with Crippen molar-refractivity contribution in [2.24, 2.45) is 11.8 Å². The number of carbonyl (C=O) groups excluding carboxylic acids is 2. The monoisotopic (exact) mass is 351 g/mol. The van der Waals surface area contributed by atoms with E-state index in [0.29, 0.717) is 11.8 Å². The summed E-state index contributed by atoms with van der Waals surface area (Å²) in [6.45, 7) is 3.71. The van der Waals surface area contributed by atoms with Crippen molar-refractivity contribution in [1.82, 2.24) is 10.2 Å². The maximum Gasteiger partial charge on any atom is 0.302 e. The minimum Gasteiger partial charge on any atom is -0.463 e. The van der Waals surface area contributed by atoms with Crippen molar-refractivity contribution in [3.63, 3.8) is 0 Å². The van der Waals surface area contributed by atoms with E-state index in [2.05, 4.69) is 12.2 Å². The highest BCUT2D eigenvalue weighted by Crippen LogP contribution is 2.49. The van der Waals surface area contributed by atoms with Gasteiger partial charge in [-0.05, 0) is 44.4 Å². The van der Waals surface area contributed by atoms with Crippen LogP contribution in [0.1, 0.15) is 46.0 Å². The van der Waals surface area contributed by atoms with Crippen molar-refractivity contribution in [3.8, 4) is 6.07 Å². The van der Waals surface area contributed by atoms with Crippen LogP contribution in [0.15, 0.2) is 0 Å². The molecule has 6 atom stereocenters. The minimum atomic E-state index is -1.10. The Labute approximate surface area is 147 Å². The number of nitrogens with zero attached hydrogens (tertiary/aromatic N) is 2. The van der Waals surface area contributed by atoms with Crippen molar-refractivity contribution >= 4 is 11.9 Å². The number of alkyl halides is 1. The summed E-state index contributed by atoms with van der Waals surface area (Å²) in [7, 11) is 0. The fraction of sp³-hybridized carbons (Fsp3) is 0.833. The largest absolute Gasteiger partial charge is 0.463 e. The molecule has 0 bridgehead atoms. The first-order valence-electron chi connectivity index (χ1n) is 9.05. The maximum atomic E-state index is 13.5. The number of ether oxygens (including phenoxy) is 1. The van der Waals surface area contributed by atoms with Gasteiger partial charge in [0.1, 0.15) is 18.3 Å². The number of amides is 1. The van der Waals surface area contributed by atoms with E-state index in [1.54, 1.807) is 0 Å². The first-order valence-corrected chi connectivity index (χ1v) is 9.05. The van der Waals surface area contributed by atoms with Crippen LogP contribution >= 0.6 is 0 Å². The Morgan fingerprint density at radius 3 is 2.52 bits per heavy atom. The normalized spacial score (nSPS) is 39.9. The number of nitriles is 1. The lowest BCUT2D eigenvalue weighted by Crippen LogP contribution is -2.48. The molecule has 6 nitrogen and oxygen atoms in total. The van der Waals surface area contributed by atoms with Crippen LogP contribution in [0, 0.1) is 23.2 Å². The average Bonchev–Trinajstić information content (AvgIpc) is 3.15. The van der Waals surface area contributed by atoms with Crippen molar-refractivity contribution < 1.29 is 18.7 Å². The Kier molecular flexibility index (Phi) is 5.01. The van der Waals surface area contributed by atoms with Gasteiger partial charge in [0.15, 0.2) is 0 Å². The molecule has 1 heterocycles. The molecule has 3 rings (SSSR count). The van der Waals surface area contributed by atoms with Gasteiger partial charge in [-0.1, -0.05) is 0 Å². The summed E-state index contributed by atoms with van der Waals surface area (Å²) in [5, 5.41) is 12.4. The van der Waals surface area contributed by atoms with Gasteiger partial charge in [0.05, 0.1) is 19.2 Å². The summed E-state index contributed by atoms with van der Waals surface area (Å²) < 4.78 is 18.8. The first kappa shape index (κ1) is 18.1. The number of carbonyl (C=O) groups is 2. The Bertz CT molecular complexity index is 577. The standard InChI is InChI=1S/C18H26FN3O3/c1-11(23)25-16-3-12-6-18(2,7-13(12)4-16)21-9-17(24)22-10-14(19)5-15(22)8-20/h12-16,21H,3-7,9-10H2,1-2H3/t12-,13+,14-,15-,16-,18-/m0/s1. The summed E-state index contributed by atoms with van der Waals surface area (Å²) in [5.41, 5.74) is -0.136. The molecule has 0 radical (unpaired) electrons. The summed E-state index contributed by atoms with van der Waals surface area (Å²) in [6, 6.07) is 1.36. The molecule has 1 saturated heterocycles. The second kappa shape index (κ2) is 6.91. The maximum absolute atomic E-state index is 13.5. The second-order valence-corrected chi connectivity index (χ2v) is 8.07. The van der Waals surface area contributed by atoms with Crippen LogP contribution < -0.4 is 5.32 Å². The van der Waals surface area contributed by atoms with Crippen molar-refractivity contribution in [1.29, 1.82) is 5.26 Å². The molecule has 0 unspecified atom stereocenters. The van der Waals surface area contributed by atoms with Gasteiger partial charge in [0.2, 0.25) is 5.91 Å². The quantitative estimate of drug-likeness (QED) is 0.777. The predicted molar refractivity (Wildman–Crippen MR) is 88.0 cm³/mol. The molecular formula is C18H26FN3O3. The molecule has 0 spiro atoms. The van der Waals surface area contributed by atoms with Crippen molar-refractivity contribution in [2.45, 2.75) is 69.8 Å². The molecule has 3 fully saturated rings. The van der Waals surface area contributed by atoms with E-state index < -0.39 is 12.2 Å². The molecule has 7 heteroatoms. The Balaban J connectivity index is 1.49. The number of hydrogen-bond acceptors (Lipinski definition) is 5. The summed E-state index contributed by atoms with van der Waals surface area (Å²) in [5.74, 6) is 0.583. The number of halogens is 1. The molecule has 0 aromatic heterocycles. The van der Waals surface area contributed by atoms with Crippen LogP contribution in [-0.2, 0) is 14.3 Å². The third-order valence-corrected chi connectivity index (χ3v) is 5.94. The molecule has 1 amide bonds. The van der Waals surface area contributed by atoms with Crippen LogP contribution in [0.25, 0.3) is 0 Å². The van der Waals surface area contributed by atoms with E-state index in [1.165, 1.54) is 11.8 Å². The van der Waals surface area contributed by atoms with Gasteiger partial charge in [-0.25, -0.2) is 4.39 Å². The van der Waals surface area contributed by atoms with E-state index in [1.807, 2.05) is 6.07 Å². The fourth-order valence-corrected chi connectivity index (χ4v) is 4.95. The van der Waals surface area contributed by atoms with Gasteiger partial charge in [-0.2, -0.15) is 5.26 Å². The van der Waals surface area contributed by atoms with Crippen molar-refractivity contribution in [2.75, 3.05) is 13.1 Å². The lowest BCUT2D eigenvalue weighted by atomic mass is 9.95. The van der Waals surface area contributed by atoms with Crippen LogP contribution in [0.5, 0.6) is 0 Å². The summed E-state index contributed by atoms with van der Waals surface area (Å²) in [6.07, 6.45) is 2.70. The van der Waals surface area contributed by atoms with Crippen LogP contribution in [0.2, 0.25) is 0 Å². The molecule has 1 aliphatic heterocycles. The zero-order valence-corrected chi connectivity index (χ0v) is 14.8. The number of hydrogen-bond donors (Lipinski definition) is 1. The first-order chi connectivity index (χ1) is 11.8. The van der Waals surface area contributed by atoms with E-state index in [0.717, 1.165) is 25.7 Å². The van der Waals surface area contributed by atoms with Crippen LogP contribution in [0.4, 0.5) is 4.39 Å². The highest BCUT2D eigenvalue weighted by Gasteiger charge is 2.48. The Morgan fingerprint density at radius 2 is 1.96 bits per heavy atom. The van der Waals surface area contributed by atoms with E-state index in [9.17, 15) is 14.0 Å². The molecule has 1 N–H and O–H groups in total. The summed E-state index contributed by atoms with van der Waals surface area (Å²) in [4.78, 5) is 24.8.